The molecule has 170 valence electrons. The summed E-state index contributed by atoms with van der Waals surface area (Å²) in [6.07, 6.45) is 3.51. The molecule has 3 heterocycles. The average Bonchev–Trinajstić information content (AvgIpc) is 2.80. The Labute approximate surface area is 193 Å². The number of rotatable bonds is 8. The molecule has 0 fully saturated rings. The quantitative estimate of drug-likeness (QED) is 0.428. The van der Waals surface area contributed by atoms with E-state index in [1.807, 2.05) is 36.4 Å². The SMILES string of the molecule is CN(C)S(=O)(=O)c1ccc(O)c2nc(CN(Cc3ccccn3)Cc3ccccn3)ccc12. The first-order valence-corrected chi connectivity index (χ1v) is 11.8. The van der Waals surface area contributed by atoms with E-state index in [-0.39, 0.29) is 16.2 Å². The molecule has 0 amide bonds. The Bertz CT molecular complexity index is 1310. The van der Waals surface area contributed by atoms with E-state index in [0.29, 0.717) is 30.7 Å². The molecule has 0 saturated carbocycles. The van der Waals surface area contributed by atoms with Crippen LogP contribution in [0.5, 0.6) is 5.75 Å². The minimum absolute atomic E-state index is 0.0643. The first-order chi connectivity index (χ1) is 15.8. The van der Waals surface area contributed by atoms with Gasteiger partial charge in [-0.05, 0) is 48.5 Å². The minimum Gasteiger partial charge on any atom is -0.506 e. The lowest BCUT2D eigenvalue weighted by molar-refractivity contribution is 0.239. The van der Waals surface area contributed by atoms with Crippen LogP contribution in [0.25, 0.3) is 10.9 Å². The topological polar surface area (TPSA) is 99.5 Å². The monoisotopic (exact) mass is 463 g/mol. The summed E-state index contributed by atoms with van der Waals surface area (Å²) in [6.45, 7) is 1.63. The summed E-state index contributed by atoms with van der Waals surface area (Å²) < 4.78 is 26.6. The summed E-state index contributed by atoms with van der Waals surface area (Å²) in [6, 6.07) is 17.8. The van der Waals surface area contributed by atoms with Crippen LogP contribution in [0.2, 0.25) is 0 Å². The van der Waals surface area contributed by atoms with E-state index in [2.05, 4.69) is 19.9 Å². The second-order valence-electron chi connectivity index (χ2n) is 7.86. The number of fused-ring (bicyclic) bond motifs is 1. The molecule has 1 aromatic carbocycles. The Hall–Kier alpha value is -3.40. The first-order valence-electron chi connectivity index (χ1n) is 10.4. The van der Waals surface area contributed by atoms with Crippen molar-refractivity contribution in [2.45, 2.75) is 24.5 Å². The van der Waals surface area contributed by atoms with E-state index < -0.39 is 10.0 Å². The smallest absolute Gasteiger partial charge is 0.243 e. The zero-order valence-electron chi connectivity index (χ0n) is 18.5. The lowest BCUT2D eigenvalue weighted by Gasteiger charge is -2.22. The van der Waals surface area contributed by atoms with Crippen molar-refractivity contribution < 1.29 is 13.5 Å². The van der Waals surface area contributed by atoms with Crippen LogP contribution in [0, 0.1) is 0 Å². The normalized spacial score (nSPS) is 12.0. The summed E-state index contributed by atoms with van der Waals surface area (Å²) >= 11 is 0. The van der Waals surface area contributed by atoms with Gasteiger partial charge in [-0.3, -0.25) is 14.9 Å². The van der Waals surface area contributed by atoms with Crippen LogP contribution in [-0.2, 0) is 29.7 Å². The van der Waals surface area contributed by atoms with Gasteiger partial charge in [0.1, 0.15) is 11.3 Å². The molecule has 3 aromatic heterocycles. The van der Waals surface area contributed by atoms with E-state index in [4.69, 9.17) is 0 Å². The van der Waals surface area contributed by atoms with Crippen molar-refractivity contribution in [2.75, 3.05) is 14.1 Å². The number of hydrogen-bond donors (Lipinski definition) is 1. The molecule has 33 heavy (non-hydrogen) atoms. The van der Waals surface area contributed by atoms with Gasteiger partial charge in [0.25, 0.3) is 0 Å². The van der Waals surface area contributed by atoms with Gasteiger partial charge >= 0.3 is 0 Å². The maximum absolute atomic E-state index is 12.7. The van der Waals surface area contributed by atoms with Crippen molar-refractivity contribution >= 4 is 20.9 Å². The molecule has 0 unspecified atom stereocenters. The highest BCUT2D eigenvalue weighted by molar-refractivity contribution is 7.89. The molecule has 0 radical (unpaired) electrons. The molecular weight excluding hydrogens is 438 g/mol. The van der Waals surface area contributed by atoms with Gasteiger partial charge in [0, 0.05) is 51.5 Å². The zero-order valence-corrected chi connectivity index (χ0v) is 19.3. The fourth-order valence-electron chi connectivity index (χ4n) is 3.56. The zero-order chi connectivity index (χ0) is 23.4. The molecule has 4 aromatic rings. The van der Waals surface area contributed by atoms with Crippen LogP contribution in [0.15, 0.2) is 78.0 Å². The average molecular weight is 464 g/mol. The lowest BCUT2D eigenvalue weighted by atomic mass is 10.1. The molecule has 0 bridgehead atoms. The van der Waals surface area contributed by atoms with Gasteiger partial charge in [0.15, 0.2) is 0 Å². The third-order valence-electron chi connectivity index (χ3n) is 5.22. The van der Waals surface area contributed by atoms with Gasteiger partial charge in [0.05, 0.1) is 22.0 Å². The largest absolute Gasteiger partial charge is 0.506 e. The Morgan fingerprint density at radius 3 is 1.94 bits per heavy atom. The number of benzene rings is 1. The maximum Gasteiger partial charge on any atom is 0.243 e. The Morgan fingerprint density at radius 2 is 1.39 bits per heavy atom. The second kappa shape index (κ2) is 9.62. The second-order valence-corrected chi connectivity index (χ2v) is 9.98. The molecule has 1 N–H and O–H groups in total. The number of phenols is 1. The molecule has 0 atom stereocenters. The number of nitrogens with zero attached hydrogens (tertiary/aromatic N) is 5. The molecule has 9 heteroatoms. The van der Waals surface area contributed by atoms with Gasteiger partial charge in [0.2, 0.25) is 10.0 Å². The van der Waals surface area contributed by atoms with E-state index in [9.17, 15) is 13.5 Å². The van der Waals surface area contributed by atoms with Crippen molar-refractivity contribution in [3.8, 4) is 5.75 Å². The van der Waals surface area contributed by atoms with Crippen molar-refractivity contribution in [1.29, 1.82) is 0 Å². The number of phenolic OH excluding ortho intramolecular Hbond substituents is 1. The van der Waals surface area contributed by atoms with Crippen LogP contribution >= 0.6 is 0 Å². The highest BCUT2D eigenvalue weighted by atomic mass is 32.2. The Balaban J connectivity index is 1.69. The van der Waals surface area contributed by atoms with Crippen LogP contribution in [-0.4, -0.2) is 51.8 Å². The number of aromatic nitrogens is 3. The van der Waals surface area contributed by atoms with E-state index in [1.54, 1.807) is 24.5 Å². The van der Waals surface area contributed by atoms with E-state index in [0.717, 1.165) is 15.7 Å². The van der Waals surface area contributed by atoms with Crippen molar-refractivity contribution in [3.05, 3.63) is 90.1 Å². The predicted molar refractivity (Wildman–Crippen MR) is 126 cm³/mol. The third-order valence-corrected chi connectivity index (χ3v) is 7.09. The molecule has 0 saturated heterocycles. The van der Waals surface area contributed by atoms with Crippen LogP contribution in [0.4, 0.5) is 0 Å². The van der Waals surface area contributed by atoms with Crippen molar-refractivity contribution in [3.63, 3.8) is 0 Å². The summed E-state index contributed by atoms with van der Waals surface area (Å²) in [5.41, 5.74) is 2.78. The summed E-state index contributed by atoms with van der Waals surface area (Å²) in [4.78, 5) is 15.7. The molecule has 0 spiro atoms. The first kappa shape index (κ1) is 22.8. The van der Waals surface area contributed by atoms with Crippen LogP contribution in [0.3, 0.4) is 0 Å². The molecule has 0 aliphatic heterocycles. The third kappa shape index (κ3) is 5.16. The van der Waals surface area contributed by atoms with E-state index in [1.165, 1.54) is 26.2 Å². The van der Waals surface area contributed by atoms with Gasteiger partial charge < -0.3 is 5.11 Å². The van der Waals surface area contributed by atoms with Gasteiger partial charge in [-0.25, -0.2) is 17.7 Å². The molecule has 8 nitrogen and oxygen atoms in total. The van der Waals surface area contributed by atoms with Crippen molar-refractivity contribution in [2.24, 2.45) is 0 Å². The number of aromatic hydroxyl groups is 1. The highest BCUT2D eigenvalue weighted by Crippen LogP contribution is 2.30. The fraction of sp³-hybridized carbons (Fsp3) is 0.208. The number of hydrogen-bond acceptors (Lipinski definition) is 7. The van der Waals surface area contributed by atoms with Gasteiger partial charge in [-0.15, -0.1) is 0 Å². The molecular formula is C24H25N5O3S. The highest BCUT2D eigenvalue weighted by Gasteiger charge is 2.22. The standard InChI is InChI=1S/C24H25N5O3S/c1-28(2)33(31,32)23-12-11-22(30)24-21(23)10-9-20(27-24)17-29(15-18-7-3-5-13-25-18)16-19-8-4-6-14-26-19/h3-14,30H,15-17H2,1-2H3. The minimum atomic E-state index is -3.68. The number of pyridine rings is 3. The molecule has 0 aliphatic carbocycles. The van der Waals surface area contributed by atoms with Gasteiger partial charge in [-0.1, -0.05) is 12.1 Å². The fourth-order valence-corrected chi connectivity index (χ4v) is 4.64. The maximum atomic E-state index is 12.7. The summed E-state index contributed by atoms with van der Waals surface area (Å²) in [5, 5.41) is 10.8. The van der Waals surface area contributed by atoms with Crippen molar-refractivity contribution in [1.82, 2.24) is 24.2 Å². The summed E-state index contributed by atoms with van der Waals surface area (Å²) in [5.74, 6) is -0.0643. The molecule has 4 rings (SSSR count). The summed E-state index contributed by atoms with van der Waals surface area (Å²) in [7, 11) is -0.732. The van der Waals surface area contributed by atoms with Crippen LogP contribution < -0.4 is 0 Å². The van der Waals surface area contributed by atoms with Gasteiger partial charge in [-0.2, -0.15) is 0 Å². The Kier molecular flexibility index (Phi) is 6.64. The van der Waals surface area contributed by atoms with E-state index >= 15 is 0 Å². The lowest BCUT2D eigenvalue weighted by Crippen LogP contribution is -2.24. The predicted octanol–water partition coefficient (Wildman–Crippen LogP) is 3.18. The number of sulfonamides is 1. The van der Waals surface area contributed by atoms with Crippen LogP contribution in [0.1, 0.15) is 17.1 Å². The molecule has 0 aliphatic rings. The Morgan fingerprint density at radius 1 is 0.788 bits per heavy atom.